The lowest BCUT2D eigenvalue weighted by molar-refractivity contribution is 0.511. The first-order valence-corrected chi connectivity index (χ1v) is 8.28. The second kappa shape index (κ2) is 7.20. The summed E-state index contributed by atoms with van der Waals surface area (Å²) in [6.45, 7) is 11.3. The molecule has 0 fully saturated rings. The van der Waals surface area contributed by atoms with E-state index < -0.39 is 10.8 Å². The highest BCUT2D eigenvalue weighted by Gasteiger charge is 2.31. The maximum absolute atomic E-state index is 12.6. The van der Waals surface area contributed by atoms with Gasteiger partial charge < -0.3 is 5.32 Å². The minimum absolute atomic E-state index is 0.0916. The SMILES string of the molecule is CCCNC(c1ccccc1)C(C)S(=O)C(C)(C)C. The number of nitrogens with one attached hydrogen (secondary N) is 1. The van der Waals surface area contributed by atoms with Gasteiger partial charge in [0.05, 0.1) is 5.25 Å². The highest BCUT2D eigenvalue weighted by molar-refractivity contribution is 7.87. The van der Waals surface area contributed by atoms with Crippen LogP contribution in [0.25, 0.3) is 0 Å². The number of benzene rings is 1. The monoisotopic (exact) mass is 281 g/mol. The molecule has 0 aromatic heterocycles. The van der Waals surface area contributed by atoms with Crippen LogP contribution >= 0.6 is 0 Å². The van der Waals surface area contributed by atoms with Gasteiger partial charge in [-0.05, 0) is 46.2 Å². The lowest BCUT2D eigenvalue weighted by Gasteiger charge is -2.30. The van der Waals surface area contributed by atoms with Crippen LogP contribution in [0.1, 0.15) is 52.6 Å². The molecular weight excluding hydrogens is 254 g/mol. The molecule has 0 amide bonds. The van der Waals surface area contributed by atoms with Gasteiger partial charge in [-0.25, -0.2) is 0 Å². The third-order valence-corrected chi connectivity index (χ3v) is 5.34. The smallest absolute Gasteiger partial charge is 0.0520 e. The van der Waals surface area contributed by atoms with Crippen molar-refractivity contribution in [3.05, 3.63) is 35.9 Å². The average molecular weight is 281 g/mol. The highest BCUT2D eigenvalue weighted by atomic mass is 32.2. The predicted molar refractivity (Wildman–Crippen MR) is 84.8 cm³/mol. The molecule has 19 heavy (non-hydrogen) atoms. The van der Waals surface area contributed by atoms with Gasteiger partial charge in [-0.3, -0.25) is 4.21 Å². The highest BCUT2D eigenvalue weighted by Crippen LogP contribution is 2.26. The number of hydrogen-bond acceptors (Lipinski definition) is 2. The van der Waals surface area contributed by atoms with Crippen LogP contribution in [0.4, 0.5) is 0 Å². The summed E-state index contributed by atoms with van der Waals surface area (Å²) in [5.74, 6) is 0. The topological polar surface area (TPSA) is 29.1 Å². The van der Waals surface area contributed by atoms with Gasteiger partial charge in [0, 0.05) is 21.6 Å². The van der Waals surface area contributed by atoms with Crippen molar-refractivity contribution in [3.8, 4) is 0 Å². The summed E-state index contributed by atoms with van der Waals surface area (Å²) in [5.41, 5.74) is 1.22. The maximum Gasteiger partial charge on any atom is 0.0520 e. The fraction of sp³-hybridized carbons (Fsp3) is 0.625. The van der Waals surface area contributed by atoms with E-state index in [1.54, 1.807) is 0 Å². The van der Waals surface area contributed by atoms with Gasteiger partial charge in [0.1, 0.15) is 0 Å². The Hall–Kier alpha value is -0.670. The zero-order valence-electron chi connectivity index (χ0n) is 12.8. The Labute approximate surface area is 120 Å². The molecule has 3 heteroatoms. The van der Waals surface area contributed by atoms with Gasteiger partial charge in [-0.1, -0.05) is 37.3 Å². The van der Waals surface area contributed by atoms with Gasteiger partial charge in [0.2, 0.25) is 0 Å². The minimum Gasteiger partial charge on any atom is -0.309 e. The summed E-state index contributed by atoms with van der Waals surface area (Å²) in [4.78, 5) is 0. The molecule has 3 unspecified atom stereocenters. The van der Waals surface area contributed by atoms with Crippen molar-refractivity contribution in [2.24, 2.45) is 0 Å². The Kier molecular flexibility index (Phi) is 6.21. The summed E-state index contributed by atoms with van der Waals surface area (Å²) in [6, 6.07) is 10.5. The molecule has 1 N–H and O–H groups in total. The molecule has 3 atom stereocenters. The fourth-order valence-corrected chi connectivity index (χ4v) is 3.81. The second-order valence-corrected chi connectivity index (χ2v) is 8.52. The summed E-state index contributed by atoms with van der Waals surface area (Å²) in [5, 5.41) is 3.64. The van der Waals surface area contributed by atoms with Crippen molar-refractivity contribution < 1.29 is 4.21 Å². The van der Waals surface area contributed by atoms with E-state index in [4.69, 9.17) is 0 Å². The Morgan fingerprint density at radius 2 is 1.79 bits per heavy atom. The molecule has 0 radical (unpaired) electrons. The zero-order chi connectivity index (χ0) is 14.5. The van der Waals surface area contributed by atoms with Crippen molar-refractivity contribution in [2.45, 2.75) is 57.1 Å². The summed E-state index contributed by atoms with van der Waals surface area (Å²) < 4.78 is 12.4. The average Bonchev–Trinajstić information content (AvgIpc) is 2.38. The lowest BCUT2D eigenvalue weighted by Crippen LogP contribution is -2.39. The normalized spacial score (nSPS) is 16.9. The third-order valence-electron chi connectivity index (χ3n) is 3.18. The number of hydrogen-bond donors (Lipinski definition) is 1. The van der Waals surface area contributed by atoms with Crippen LogP contribution in [0.15, 0.2) is 30.3 Å². The summed E-state index contributed by atoms with van der Waals surface area (Å²) in [6.07, 6.45) is 1.08. The Bertz CT molecular complexity index is 397. The largest absolute Gasteiger partial charge is 0.309 e. The van der Waals surface area contributed by atoms with E-state index >= 15 is 0 Å². The third kappa shape index (κ3) is 4.73. The van der Waals surface area contributed by atoms with E-state index in [0.29, 0.717) is 0 Å². The molecule has 0 heterocycles. The van der Waals surface area contributed by atoms with Crippen LogP contribution < -0.4 is 5.32 Å². The molecule has 108 valence electrons. The Morgan fingerprint density at radius 1 is 1.21 bits per heavy atom. The molecule has 0 aliphatic carbocycles. The van der Waals surface area contributed by atoms with Crippen LogP contribution in [0.5, 0.6) is 0 Å². The molecular formula is C16H27NOS. The van der Waals surface area contributed by atoms with E-state index in [1.807, 2.05) is 39.0 Å². The van der Waals surface area contributed by atoms with E-state index in [1.165, 1.54) is 5.56 Å². The van der Waals surface area contributed by atoms with Gasteiger partial charge >= 0.3 is 0 Å². The molecule has 2 nitrogen and oxygen atoms in total. The standard InChI is InChI=1S/C16H27NOS/c1-6-12-17-15(14-10-8-7-9-11-14)13(2)19(18)16(3,4)5/h7-11,13,15,17H,6,12H2,1-5H3. The molecule has 0 aliphatic rings. The molecule has 1 aromatic carbocycles. The van der Waals surface area contributed by atoms with E-state index in [9.17, 15) is 4.21 Å². The Balaban J connectivity index is 2.94. The molecule has 0 saturated heterocycles. The molecule has 0 aliphatic heterocycles. The van der Waals surface area contributed by atoms with Gasteiger partial charge in [-0.15, -0.1) is 0 Å². The van der Waals surface area contributed by atoms with E-state index in [-0.39, 0.29) is 16.0 Å². The van der Waals surface area contributed by atoms with Gasteiger partial charge in [0.15, 0.2) is 0 Å². The predicted octanol–water partition coefficient (Wildman–Crippen LogP) is 3.66. The summed E-state index contributed by atoms with van der Waals surface area (Å²) in [7, 11) is -0.879. The Morgan fingerprint density at radius 3 is 2.26 bits per heavy atom. The second-order valence-electron chi connectivity index (χ2n) is 5.96. The van der Waals surface area contributed by atoms with Crippen LogP contribution in [-0.4, -0.2) is 20.8 Å². The van der Waals surface area contributed by atoms with Crippen molar-refractivity contribution >= 4 is 10.8 Å². The molecule has 0 bridgehead atoms. The molecule has 0 spiro atoms. The fourth-order valence-electron chi connectivity index (χ4n) is 2.20. The van der Waals surface area contributed by atoms with Crippen molar-refractivity contribution in [2.75, 3.05) is 6.54 Å². The van der Waals surface area contributed by atoms with E-state index in [2.05, 4.69) is 31.3 Å². The lowest BCUT2D eigenvalue weighted by atomic mass is 10.0. The first-order chi connectivity index (χ1) is 8.88. The molecule has 0 saturated carbocycles. The number of rotatable bonds is 6. The van der Waals surface area contributed by atoms with Crippen molar-refractivity contribution in [1.82, 2.24) is 5.32 Å². The molecule has 1 rings (SSSR count). The van der Waals surface area contributed by atoms with Gasteiger partial charge in [-0.2, -0.15) is 0 Å². The first-order valence-electron chi connectivity index (χ1n) is 7.07. The first kappa shape index (κ1) is 16.4. The van der Waals surface area contributed by atoms with Crippen LogP contribution in [0.3, 0.4) is 0 Å². The van der Waals surface area contributed by atoms with Crippen LogP contribution in [-0.2, 0) is 10.8 Å². The minimum atomic E-state index is -0.879. The summed E-state index contributed by atoms with van der Waals surface area (Å²) >= 11 is 0. The van der Waals surface area contributed by atoms with Gasteiger partial charge in [0.25, 0.3) is 0 Å². The van der Waals surface area contributed by atoms with Crippen LogP contribution in [0.2, 0.25) is 0 Å². The quantitative estimate of drug-likeness (QED) is 0.862. The van der Waals surface area contributed by atoms with Crippen LogP contribution in [0, 0.1) is 0 Å². The van der Waals surface area contributed by atoms with Crippen molar-refractivity contribution in [3.63, 3.8) is 0 Å². The van der Waals surface area contributed by atoms with Crippen molar-refractivity contribution in [1.29, 1.82) is 0 Å². The van der Waals surface area contributed by atoms with E-state index in [0.717, 1.165) is 13.0 Å². The maximum atomic E-state index is 12.6. The molecule has 1 aromatic rings. The zero-order valence-corrected chi connectivity index (χ0v) is 13.6.